The zero-order valence-electron chi connectivity index (χ0n) is 9.79. The second kappa shape index (κ2) is 4.55. The third-order valence-corrected chi connectivity index (χ3v) is 2.82. The van der Waals surface area contributed by atoms with E-state index in [1.807, 2.05) is 29.8 Å². The second-order valence-corrected chi connectivity index (χ2v) is 3.99. The van der Waals surface area contributed by atoms with E-state index in [4.69, 9.17) is 4.74 Å². The minimum atomic E-state index is -0.351. The molecule has 1 atom stereocenters. The minimum Gasteiger partial charge on any atom is -0.380 e. The van der Waals surface area contributed by atoms with E-state index < -0.39 is 0 Å². The van der Waals surface area contributed by atoms with Crippen molar-refractivity contribution in [1.29, 1.82) is 0 Å². The van der Waals surface area contributed by atoms with Crippen LogP contribution in [0.1, 0.15) is 6.92 Å². The number of benzene rings is 1. The Bertz CT molecular complexity index is 548. The molecular weight excluding hydrogens is 220 g/mol. The Hall–Kier alpha value is -1.88. The number of methoxy groups -OCH3 is 1. The summed E-state index contributed by atoms with van der Waals surface area (Å²) >= 11 is 0. The van der Waals surface area contributed by atoms with Gasteiger partial charge in [-0.15, -0.1) is 0 Å². The molecule has 5 heteroatoms. The van der Waals surface area contributed by atoms with Gasteiger partial charge in [0.15, 0.2) is 0 Å². The summed E-state index contributed by atoms with van der Waals surface area (Å²) in [4.78, 5) is 10.6. The Morgan fingerprint density at radius 2 is 2.24 bits per heavy atom. The molecule has 1 aromatic carbocycles. The number of hydrogen-bond donors (Lipinski definition) is 0. The van der Waals surface area contributed by atoms with Crippen LogP contribution in [-0.2, 0) is 11.3 Å². The fourth-order valence-electron chi connectivity index (χ4n) is 1.89. The summed E-state index contributed by atoms with van der Waals surface area (Å²) < 4.78 is 7.04. The molecule has 0 saturated carbocycles. The number of para-hydroxylation sites is 1. The summed E-state index contributed by atoms with van der Waals surface area (Å²) in [6, 6.07) is 6.97. The molecule has 0 aliphatic carbocycles. The Morgan fingerprint density at radius 3 is 2.88 bits per heavy atom. The summed E-state index contributed by atoms with van der Waals surface area (Å²) in [6.45, 7) is 2.53. The Kier molecular flexibility index (Phi) is 3.10. The molecule has 0 aliphatic heterocycles. The maximum atomic E-state index is 11.0. The number of fused-ring (bicyclic) bond motifs is 1. The normalized spacial score (nSPS) is 12.8. The molecule has 17 heavy (non-hydrogen) atoms. The predicted octanol–water partition coefficient (Wildman–Crippen LogP) is 2.58. The van der Waals surface area contributed by atoms with Crippen LogP contribution < -0.4 is 0 Å². The van der Waals surface area contributed by atoms with Gasteiger partial charge in [0.1, 0.15) is 5.52 Å². The van der Waals surface area contributed by atoms with Gasteiger partial charge in [-0.25, -0.2) is 0 Å². The summed E-state index contributed by atoms with van der Waals surface area (Å²) in [5.74, 6) is 0. The van der Waals surface area contributed by atoms with E-state index in [1.54, 1.807) is 13.2 Å². The molecular formula is C12H14N2O3. The Labute approximate surface area is 98.8 Å². The van der Waals surface area contributed by atoms with E-state index in [0.29, 0.717) is 12.1 Å². The molecule has 0 N–H and O–H groups in total. The average Bonchev–Trinajstić information content (AvgIpc) is 2.72. The van der Waals surface area contributed by atoms with Crippen LogP contribution in [0.25, 0.3) is 10.9 Å². The van der Waals surface area contributed by atoms with Gasteiger partial charge >= 0.3 is 0 Å². The van der Waals surface area contributed by atoms with Gasteiger partial charge < -0.3 is 9.30 Å². The van der Waals surface area contributed by atoms with Crippen LogP contribution in [0.3, 0.4) is 0 Å². The second-order valence-electron chi connectivity index (χ2n) is 3.99. The van der Waals surface area contributed by atoms with Gasteiger partial charge in [-0.05, 0) is 13.0 Å². The lowest BCUT2D eigenvalue weighted by Gasteiger charge is -2.11. The summed E-state index contributed by atoms with van der Waals surface area (Å²) in [5, 5.41) is 11.9. The van der Waals surface area contributed by atoms with Crippen molar-refractivity contribution in [3.63, 3.8) is 0 Å². The van der Waals surface area contributed by atoms with Crippen molar-refractivity contribution in [2.24, 2.45) is 0 Å². The first kappa shape index (κ1) is 11.6. The molecule has 0 spiro atoms. The van der Waals surface area contributed by atoms with Crippen LogP contribution in [0.15, 0.2) is 30.5 Å². The molecule has 90 valence electrons. The van der Waals surface area contributed by atoms with Gasteiger partial charge in [0.05, 0.1) is 11.0 Å². The highest BCUT2D eigenvalue weighted by atomic mass is 16.6. The zero-order chi connectivity index (χ0) is 12.4. The highest BCUT2D eigenvalue weighted by molar-refractivity contribution is 5.88. The molecule has 2 rings (SSSR count). The molecule has 0 fully saturated rings. The number of aromatic nitrogens is 1. The van der Waals surface area contributed by atoms with Crippen LogP contribution in [0, 0.1) is 10.1 Å². The lowest BCUT2D eigenvalue weighted by atomic mass is 10.2. The van der Waals surface area contributed by atoms with E-state index in [-0.39, 0.29) is 16.7 Å². The maximum absolute atomic E-state index is 11.0. The summed E-state index contributed by atoms with van der Waals surface area (Å²) in [7, 11) is 1.63. The summed E-state index contributed by atoms with van der Waals surface area (Å²) in [6.07, 6.45) is 1.87. The number of nitrogens with zero attached hydrogens (tertiary/aromatic N) is 2. The Morgan fingerprint density at radius 1 is 1.47 bits per heavy atom. The van der Waals surface area contributed by atoms with Crippen molar-refractivity contribution in [2.45, 2.75) is 19.6 Å². The van der Waals surface area contributed by atoms with Gasteiger partial charge in [0.2, 0.25) is 0 Å². The highest BCUT2D eigenvalue weighted by Crippen LogP contribution is 2.26. The molecule has 5 nitrogen and oxygen atoms in total. The first-order valence-electron chi connectivity index (χ1n) is 5.38. The number of rotatable bonds is 4. The smallest absolute Gasteiger partial charge is 0.293 e. The van der Waals surface area contributed by atoms with E-state index in [9.17, 15) is 10.1 Å². The molecule has 1 aromatic heterocycles. The number of hydrogen-bond acceptors (Lipinski definition) is 3. The maximum Gasteiger partial charge on any atom is 0.293 e. The third kappa shape index (κ3) is 2.14. The van der Waals surface area contributed by atoms with E-state index in [1.165, 1.54) is 6.07 Å². The summed E-state index contributed by atoms with van der Waals surface area (Å²) in [5.41, 5.74) is 0.789. The first-order valence-corrected chi connectivity index (χ1v) is 5.38. The monoisotopic (exact) mass is 234 g/mol. The van der Waals surface area contributed by atoms with Gasteiger partial charge in [0.25, 0.3) is 5.69 Å². The number of ether oxygens (including phenoxy) is 1. The SMILES string of the molecule is COC(C)Cn1ccc2cccc([N+](=O)[O-])c21. The van der Waals surface area contributed by atoms with Crippen LogP contribution in [-0.4, -0.2) is 22.7 Å². The topological polar surface area (TPSA) is 57.3 Å². The standard InChI is InChI=1S/C12H14N2O3/c1-9(17-2)8-13-7-6-10-4-3-5-11(12(10)13)14(15)16/h3-7,9H,8H2,1-2H3. The average molecular weight is 234 g/mol. The molecule has 0 amide bonds. The van der Waals surface area contributed by atoms with E-state index in [0.717, 1.165) is 5.39 Å². The lowest BCUT2D eigenvalue weighted by Crippen LogP contribution is -2.14. The van der Waals surface area contributed by atoms with Crippen molar-refractivity contribution in [1.82, 2.24) is 4.57 Å². The third-order valence-electron chi connectivity index (χ3n) is 2.82. The van der Waals surface area contributed by atoms with E-state index in [2.05, 4.69) is 0 Å². The number of non-ortho nitro benzene ring substituents is 1. The van der Waals surface area contributed by atoms with Crippen LogP contribution in [0.4, 0.5) is 5.69 Å². The van der Waals surface area contributed by atoms with Crippen molar-refractivity contribution in [2.75, 3.05) is 7.11 Å². The number of nitro groups is 1. The van der Waals surface area contributed by atoms with Crippen molar-refractivity contribution < 1.29 is 9.66 Å². The molecule has 0 aliphatic rings. The lowest BCUT2D eigenvalue weighted by molar-refractivity contribution is -0.383. The van der Waals surface area contributed by atoms with Gasteiger partial charge in [-0.1, -0.05) is 12.1 Å². The van der Waals surface area contributed by atoms with Crippen LogP contribution >= 0.6 is 0 Å². The molecule has 0 saturated heterocycles. The van der Waals surface area contributed by atoms with Crippen LogP contribution in [0.2, 0.25) is 0 Å². The fourth-order valence-corrected chi connectivity index (χ4v) is 1.89. The molecule has 0 radical (unpaired) electrons. The molecule has 2 aromatic rings. The number of nitro benzene ring substituents is 1. The zero-order valence-corrected chi connectivity index (χ0v) is 9.79. The van der Waals surface area contributed by atoms with Crippen molar-refractivity contribution in [3.05, 3.63) is 40.6 Å². The van der Waals surface area contributed by atoms with E-state index >= 15 is 0 Å². The predicted molar refractivity (Wildman–Crippen MR) is 65.1 cm³/mol. The van der Waals surface area contributed by atoms with Crippen molar-refractivity contribution in [3.8, 4) is 0 Å². The first-order chi connectivity index (χ1) is 8.13. The largest absolute Gasteiger partial charge is 0.380 e. The molecule has 0 bridgehead atoms. The van der Waals surface area contributed by atoms with Crippen molar-refractivity contribution >= 4 is 16.6 Å². The molecule has 1 heterocycles. The van der Waals surface area contributed by atoms with Crippen LogP contribution in [0.5, 0.6) is 0 Å². The molecule has 1 unspecified atom stereocenters. The van der Waals surface area contributed by atoms with Gasteiger partial charge in [0, 0.05) is 31.3 Å². The van der Waals surface area contributed by atoms with Gasteiger partial charge in [-0.2, -0.15) is 0 Å². The fraction of sp³-hybridized carbons (Fsp3) is 0.333. The quantitative estimate of drug-likeness (QED) is 0.603. The highest BCUT2D eigenvalue weighted by Gasteiger charge is 2.16. The van der Waals surface area contributed by atoms with Gasteiger partial charge in [-0.3, -0.25) is 10.1 Å². The Balaban J connectivity index is 2.53. The minimum absolute atomic E-state index is 0.0189.